The van der Waals surface area contributed by atoms with Crippen molar-refractivity contribution < 1.29 is 9.59 Å². The molecular weight excluding hydrogens is 190 g/mol. The Labute approximate surface area is 86.8 Å². The number of hydrogen-bond acceptors (Lipinski definition) is 2. The van der Waals surface area contributed by atoms with Gasteiger partial charge in [0.05, 0.1) is 5.92 Å². The molecule has 0 saturated carbocycles. The Kier molecular flexibility index (Phi) is 1.57. The minimum absolute atomic E-state index is 0.212. The summed E-state index contributed by atoms with van der Waals surface area (Å²) in [6, 6.07) is 5.60. The standard InChI is InChI=1S/C12H9NO2/c14-11-8-5-1-3-7-4-2-6-9(10(7)8)12(15)13-11/h1-3,5-6,9H,4H2,(H,13,14,15). The highest BCUT2D eigenvalue weighted by Crippen LogP contribution is 2.32. The molecule has 1 unspecified atom stereocenters. The molecular formula is C12H9NO2. The summed E-state index contributed by atoms with van der Waals surface area (Å²) in [7, 11) is 0. The molecule has 1 aliphatic carbocycles. The zero-order valence-electron chi connectivity index (χ0n) is 7.99. The predicted octanol–water partition coefficient (Wildman–Crippen LogP) is 1.15. The third-order valence-corrected chi connectivity index (χ3v) is 2.94. The van der Waals surface area contributed by atoms with Crippen LogP contribution >= 0.6 is 0 Å². The number of carbonyl (C=O) groups is 2. The molecule has 0 bridgehead atoms. The van der Waals surface area contributed by atoms with Crippen molar-refractivity contribution in [1.82, 2.24) is 5.32 Å². The quantitative estimate of drug-likeness (QED) is 0.503. The Morgan fingerprint density at radius 2 is 2.13 bits per heavy atom. The van der Waals surface area contributed by atoms with Crippen LogP contribution in [0.5, 0.6) is 0 Å². The van der Waals surface area contributed by atoms with Gasteiger partial charge in [-0.3, -0.25) is 14.9 Å². The first-order chi connectivity index (χ1) is 7.27. The number of carbonyl (C=O) groups excluding carboxylic acids is 2. The molecule has 1 atom stereocenters. The maximum atomic E-state index is 11.6. The summed E-state index contributed by atoms with van der Waals surface area (Å²) in [5.74, 6) is -0.762. The lowest BCUT2D eigenvalue weighted by atomic mass is 9.81. The molecule has 3 nitrogen and oxygen atoms in total. The van der Waals surface area contributed by atoms with Crippen LogP contribution in [0.3, 0.4) is 0 Å². The van der Waals surface area contributed by atoms with Crippen molar-refractivity contribution in [2.75, 3.05) is 0 Å². The van der Waals surface area contributed by atoms with Gasteiger partial charge in [-0.05, 0) is 23.6 Å². The van der Waals surface area contributed by atoms with Crippen LogP contribution in [-0.4, -0.2) is 11.8 Å². The lowest BCUT2D eigenvalue weighted by Gasteiger charge is -2.26. The first-order valence-electron chi connectivity index (χ1n) is 4.91. The molecule has 1 aliphatic heterocycles. The molecule has 74 valence electrons. The maximum Gasteiger partial charge on any atom is 0.258 e. The molecule has 1 aromatic carbocycles. The Morgan fingerprint density at radius 3 is 3.00 bits per heavy atom. The van der Waals surface area contributed by atoms with Gasteiger partial charge in [0.25, 0.3) is 5.91 Å². The number of amides is 2. The SMILES string of the molecule is O=C1NC(=O)C2C=CCc3cccc1c32. The molecule has 3 heteroatoms. The van der Waals surface area contributed by atoms with Crippen LogP contribution in [0.4, 0.5) is 0 Å². The van der Waals surface area contributed by atoms with Gasteiger partial charge in [-0.15, -0.1) is 0 Å². The van der Waals surface area contributed by atoms with Crippen molar-refractivity contribution in [3.05, 3.63) is 47.0 Å². The molecule has 2 amide bonds. The van der Waals surface area contributed by atoms with E-state index in [1.54, 1.807) is 6.07 Å². The van der Waals surface area contributed by atoms with Gasteiger partial charge in [0, 0.05) is 5.56 Å². The van der Waals surface area contributed by atoms with E-state index in [-0.39, 0.29) is 17.7 Å². The van der Waals surface area contributed by atoms with Gasteiger partial charge in [-0.1, -0.05) is 24.3 Å². The van der Waals surface area contributed by atoms with Crippen molar-refractivity contribution in [1.29, 1.82) is 0 Å². The first kappa shape index (κ1) is 8.41. The number of hydrogen-bond donors (Lipinski definition) is 1. The number of imide groups is 1. The second-order valence-electron chi connectivity index (χ2n) is 3.81. The molecule has 0 radical (unpaired) electrons. The number of benzene rings is 1. The van der Waals surface area contributed by atoms with Gasteiger partial charge < -0.3 is 0 Å². The average molecular weight is 199 g/mol. The second-order valence-corrected chi connectivity index (χ2v) is 3.81. The maximum absolute atomic E-state index is 11.6. The molecule has 1 N–H and O–H groups in total. The van der Waals surface area contributed by atoms with Crippen LogP contribution in [0.1, 0.15) is 27.4 Å². The fraction of sp³-hybridized carbons (Fsp3) is 0.167. The zero-order chi connectivity index (χ0) is 10.4. The summed E-state index contributed by atoms with van der Waals surface area (Å²) in [5.41, 5.74) is 2.62. The fourth-order valence-electron chi connectivity index (χ4n) is 2.26. The lowest BCUT2D eigenvalue weighted by Crippen LogP contribution is -2.41. The average Bonchev–Trinajstić information content (AvgIpc) is 2.25. The van der Waals surface area contributed by atoms with E-state index in [1.807, 2.05) is 24.3 Å². The Bertz CT molecular complexity index is 502. The van der Waals surface area contributed by atoms with Crippen molar-refractivity contribution >= 4 is 11.8 Å². The minimum atomic E-state index is -0.275. The van der Waals surface area contributed by atoms with Gasteiger partial charge in [0.15, 0.2) is 0 Å². The summed E-state index contributed by atoms with van der Waals surface area (Å²) < 4.78 is 0. The number of rotatable bonds is 0. The highest BCUT2D eigenvalue weighted by atomic mass is 16.2. The van der Waals surface area contributed by atoms with Crippen molar-refractivity contribution in [3.8, 4) is 0 Å². The minimum Gasteiger partial charge on any atom is -0.291 e. The van der Waals surface area contributed by atoms with E-state index in [0.29, 0.717) is 5.56 Å². The molecule has 1 aromatic rings. The zero-order valence-corrected chi connectivity index (χ0v) is 7.99. The van der Waals surface area contributed by atoms with E-state index < -0.39 is 0 Å². The van der Waals surface area contributed by atoms with Crippen molar-refractivity contribution in [3.63, 3.8) is 0 Å². The third kappa shape index (κ3) is 1.06. The van der Waals surface area contributed by atoms with Gasteiger partial charge in [-0.2, -0.15) is 0 Å². The van der Waals surface area contributed by atoms with Crippen LogP contribution in [0.2, 0.25) is 0 Å². The van der Waals surface area contributed by atoms with E-state index >= 15 is 0 Å². The molecule has 15 heavy (non-hydrogen) atoms. The van der Waals surface area contributed by atoms with Gasteiger partial charge in [-0.25, -0.2) is 0 Å². The molecule has 0 aromatic heterocycles. The van der Waals surface area contributed by atoms with Crippen LogP contribution in [-0.2, 0) is 11.2 Å². The second kappa shape index (κ2) is 2.79. The molecule has 0 spiro atoms. The normalized spacial score (nSPS) is 22.3. The van der Waals surface area contributed by atoms with Crippen molar-refractivity contribution in [2.24, 2.45) is 0 Å². The van der Waals surface area contributed by atoms with Crippen LogP contribution in [0, 0.1) is 0 Å². The Morgan fingerprint density at radius 1 is 1.27 bits per heavy atom. The largest absolute Gasteiger partial charge is 0.291 e. The highest BCUT2D eigenvalue weighted by Gasteiger charge is 2.33. The summed E-state index contributed by atoms with van der Waals surface area (Å²) in [6.45, 7) is 0. The van der Waals surface area contributed by atoms with E-state index in [4.69, 9.17) is 0 Å². The molecule has 1 heterocycles. The Balaban J connectivity index is 2.31. The Hall–Kier alpha value is -1.90. The number of nitrogens with one attached hydrogen (secondary N) is 1. The number of allylic oxidation sites excluding steroid dienone is 1. The topological polar surface area (TPSA) is 46.2 Å². The molecule has 0 fully saturated rings. The highest BCUT2D eigenvalue weighted by molar-refractivity contribution is 6.12. The monoisotopic (exact) mass is 199 g/mol. The van der Waals surface area contributed by atoms with Crippen LogP contribution in [0.15, 0.2) is 30.4 Å². The smallest absolute Gasteiger partial charge is 0.258 e. The molecule has 2 aliphatic rings. The first-order valence-corrected chi connectivity index (χ1v) is 4.91. The van der Waals surface area contributed by atoms with E-state index in [2.05, 4.69) is 5.32 Å². The lowest BCUT2D eigenvalue weighted by molar-refractivity contribution is -0.120. The van der Waals surface area contributed by atoms with E-state index in [9.17, 15) is 9.59 Å². The fourth-order valence-corrected chi connectivity index (χ4v) is 2.26. The van der Waals surface area contributed by atoms with Gasteiger partial charge >= 0.3 is 0 Å². The third-order valence-electron chi connectivity index (χ3n) is 2.94. The molecule has 0 saturated heterocycles. The predicted molar refractivity (Wildman–Crippen MR) is 54.5 cm³/mol. The van der Waals surface area contributed by atoms with Crippen molar-refractivity contribution in [2.45, 2.75) is 12.3 Å². The van der Waals surface area contributed by atoms with E-state index in [1.165, 1.54) is 0 Å². The van der Waals surface area contributed by atoms with Crippen LogP contribution in [0.25, 0.3) is 0 Å². The summed E-state index contributed by atoms with van der Waals surface area (Å²) >= 11 is 0. The van der Waals surface area contributed by atoms with Gasteiger partial charge in [0.1, 0.15) is 0 Å². The summed E-state index contributed by atoms with van der Waals surface area (Å²) in [4.78, 5) is 23.2. The van der Waals surface area contributed by atoms with Gasteiger partial charge in [0.2, 0.25) is 5.91 Å². The summed E-state index contributed by atoms with van der Waals surface area (Å²) in [5, 5.41) is 2.37. The van der Waals surface area contributed by atoms with Crippen LogP contribution < -0.4 is 5.32 Å². The molecule has 3 rings (SSSR count). The summed E-state index contributed by atoms with van der Waals surface area (Å²) in [6.07, 6.45) is 4.65. The van der Waals surface area contributed by atoms with E-state index in [0.717, 1.165) is 17.5 Å².